The maximum absolute atomic E-state index is 13.0. The van der Waals surface area contributed by atoms with E-state index in [1.807, 2.05) is 45.2 Å². The molecular weight excluding hydrogens is 816 g/mol. The molecule has 0 heterocycles. The maximum atomic E-state index is 13.0. The third kappa shape index (κ3) is 9.40. The molecule has 11 nitrogen and oxygen atoms in total. The Kier molecular flexibility index (Phi) is 13.0. The number of halogens is 4. The molecule has 34 heavy (non-hydrogen) atoms. The predicted octanol–water partition coefficient (Wildman–Crippen LogP) is 2.61. The minimum Gasteiger partial charge on any atom is -0.462 e. The van der Waals surface area contributed by atoms with E-state index in [-0.39, 0.29) is 40.7 Å². The van der Waals surface area contributed by atoms with Gasteiger partial charge in [-0.1, -0.05) is 0 Å². The lowest BCUT2D eigenvalue weighted by Gasteiger charge is -2.20. The number of amides is 2. The molecular formula is C19H18ClI3N2O9. The van der Waals surface area contributed by atoms with Gasteiger partial charge in [0.15, 0.2) is 12.7 Å². The van der Waals surface area contributed by atoms with Gasteiger partial charge in [0.25, 0.3) is 17.1 Å². The molecule has 0 aromatic heterocycles. The molecule has 0 spiro atoms. The van der Waals surface area contributed by atoms with Crippen molar-refractivity contribution in [3.8, 4) is 0 Å². The van der Waals surface area contributed by atoms with Crippen LogP contribution >= 0.6 is 79.4 Å². The van der Waals surface area contributed by atoms with E-state index in [0.29, 0.717) is 0 Å². The molecule has 2 N–H and O–H groups in total. The zero-order valence-corrected chi connectivity index (χ0v) is 25.1. The lowest BCUT2D eigenvalue weighted by atomic mass is 10.1. The topological polar surface area (TPSA) is 154 Å². The Bertz CT molecular complexity index is 1030. The van der Waals surface area contributed by atoms with Crippen LogP contribution in [0, 0.1) is 10.7 Å². The second-order valence-corrected chi connectivity index (χ2v) is 9.99. The number of hydrogen-bond acceptors (Lipinski definition) is 9. The minimum atomic E-state index is -0.957. The average molecular weight is 835 g/mol. The van der Waals surface area contributed by atoms with Gasteiger partial charge in [-0.2, -0.15) is 0 Å². The summed E-state index contributed by atoms with van der Waals surface area (Å²) in [7, 11) is 0. The van der Waals surface area contributed by atoms with Crippen molar-refractivity contribution < 1.29 is 43.0 Å². The number of carbonyl (C=O) groups is 6. The van der Waals surface area contributed by atoms with Gasteiger partial charge in [0, 0.05) is 24.3 Å². The van der Waals surface area contributed by atoms with Gasteiger partial charge in [-0.25, -0.2) is 0 Å². The van der Waals surface area contributed by atoms with Crippen molar-refractivity contribution in [1.82, 2.24) is 5.32 Å². The van der Waals surface area contributed by atoms with Crippen LogP contribution in [0.25, 0.3) is 0 Å². The fourth-order valence-electron chi connectivity index (χ4n) is 2.36. The fraction of sp³-hybridized carbons (Fsp3) is 0.368. The molecule has 0 fully saturated rings. The lowest BCUT2D eigenvalue weighted by Crippen LogP contribution is -2.38. The van der Waals surface area contributed by atoms with Gasteiger partial charge in [-0.05, 0) is 79.4 Å². The largest absolute Gasteiger partial charge is 0.462 e. The Hall–Kier alpha value is -1.28. The molecule has 0 aliphatic carbocycles. The highest BCUT2D eigenvalue weighted by Crippen LogP contribution is 2.36. The monoisotopic (exact) mass is 834 g/mol. The lowest BCUT2D eigenvalue weighted by molar-refractivity contribution is -0.155. The van der Waals surface area contributed by atoms with E-state index in [9.17, 15) is 28.8 Å². The summed E-state index contributed by atoms with van der Waals surface area (Å²) in [5.41, 5.74) is 0.152. The van der Waals surface area contributed by atoms with E-state index >= 15 is 0 Å². The van der Waals surface area contributed by atoms with E-state index in [4.69, 9.17) is 21.1 Å². The van der Waals surface area contributed by atoms with E-state index in [2.05, 4.69) is 15.4 Å². The van der Waals surface area contributed by atoms with Crippen molar-refractivity contribution in [3.05, 3.63) is 21.8 Å². The Balaban J connectivity index is 3.30. The first kappa shape index (κ1) is 30.8. The number of hydrogen-bond donors (Lipinski definition) is 2. The molecule has 0 aliphatic rings. The summed E-state index contributed by atoms with van der Waals surface area (Å²) in [5.74, 6) is -3.25. The summed E-state index contributed by atoms with van der Waals surface area (Å²) in [6, 6.07) is 0. The third-order valence-corrected chi connectivity index (χ3v) is 7.13. The Morgan fingerprint density at radius 1 is 0.853 bits per heavy atom. The highest BCUT2D eigenvalue weighted by molar-refractivity contribution is 14.1. The van der Waals surface area contributed by atoms with Gasteiger partial charge in [-0.3, -0.25) is 28.8 Å². The molecule has 0 aliphatic heterocycles. The van der Waals surface area contributed by atoms with Crippen LogP contribution in [0.15, 0.2) is 0 Å². The van der Waals surface area contributed by atoms with Gasteiger partial charge in [0.2, 0.25) is 0 Å². The molecule has 1 aromatic carbocycles. The summed E-state index contributed by atoms with van der Waals surface area (Å²) in [5, 5.41) is 4.22. The van der Waals surface area contributed by atoms with Crippen LogP contribution in [0.3, 0.4) is 0 Å². The summed E-state index contributed by atoms with van der Waals surface area (Å²) < 4.78 is 15.3. The van der Waals surface area contributed by atoms with Gasteiger partial charge < -0.3 is 24.8 Å². The number of esters is 3. The smallest absolute Gasteiger partial charge is 0.303 e. The quantitative estimate of drug-likeness (QED) is 0.157. The van der Waals surface area contributed by atoms with Crippen molar-refractivity contribution >= 4 is 120 Å². The first-order chi connectivity index (χ1) is 15.8. The molecule has 1 atom stereocenters. The standard InChI is InChI=1S/C19H18ClI3N2O9/c1-7(26)32-5-10(34-9(3)28)4-24-19(31)13-14(21)12(18(20)30)15(22)17(16(13)23)25-11(29)6-33-8(2)27/h10H,4-6H2,1-3H3,(H,24,31)(H,25,29). The normalized spacial score (nSPS) is 11.1. The molecule has 1 aromatic rings. The first-order valence-electron chi connectivity index (χ1n) is 9.18. The summed E-state index contributed by atoms with van der Waals surface area (Å²) >= 11 is 11.2. The number of rotatable bonds is 10. The summed E-state index contributed by atoms with van der Waals surface area (Å²) in [6.07, 6.45) is -0.957. The molecule has 0 bridgehead atoms. The second-order valence-electron chi connectivity index (χ2n) is 6.41. The van der Waals surface area contributed by atoms with E-state index in [0.717, 1.165) is 13.8 Å². The highest BCUT2D eigenvalue weighted by Gasteiger charge is 2.28. The third-order valence-electron chi connectivity index (χ3n) is 3.71. The molecule has 0 saturated heterocycles. The maximum Gasteiger partial charge on any atom is 0.303 e. The Labute approximate surface area is 240 Å². The van der Waals surface area contributed by atoms with Crippen LogP contribution in [-0.2, 0) is 33.4 Å². The fourth-order valence-corrected chi connectivity index (χ4v) is 7.29. The molecule has 0 radical (unpaired) electrons. The number of anilines is 1. The molecule has 186 valence electrons. The summed E-state index contributed by atoms with van der Waals surface area (Å²) in [6.45, 7) is 2.43. The van der Waals surface area contributed by atoms with Gasteiger partial charge >= 0.3 is 17.9 Å². The van der Waals surface area contributed by atoms with Crippen molar-refractivity contribution in [1.29, 1.82) is 0 Å². The van der Waals surface area contributed by atoms with E-state index in [1.54, 1.807) is 22.6 Å². The number of ether oxygens (including phenoxy) is 3. The zero-order valence-electron chi connectivity index (χ0n) is 17.9. The van der Waals surface area contributed by atoms with Crippen molar-refractivity contribution in [2.75, 3.05) is 25.1 Å². The van der Waals surface area contributed by atoms with E-state index in [1.165, 1.54) is 6.92 Å². The molecule has 0 saturated carbocycles. The second kappa shape index (κ2) is 14.3. The van der Waals surface area contributed by atoms with E-state index < -0.39 is 47.7 Å². The molecule has 1 rings (SSSR count). The first-order valence-corrected chi connectivity index (χ1v) is 12.8. The van der Waals surface area contributed by atoms with Gasteiger partial charge in [0.1, 0.15) is 6.61 Å². The van der Waals surface area contributed by atoms with Gasteiger partial charge in [0.05, 0.1) is 30.5 Å². The Morgan fingerprint density at radius 2 is 1.41 bits per heavy atom. The van der Waals surface area contributed by atoms with Crippen molar-refractivity contribution in [3.63, 3.8) is 0 Å². The van der Waals surface area contributed by atoms with Crippen LogP contribution in [0.5, 0.6) is 0 Å². The SMILES string of the molecule is CC(=O)OCC(=O)Nc1c(I)c(C(=O)Cl)c(I)c(C(=O)NCC(COC(C)=O)OC(C)=O)c1I. The molecule has 15 heteroatoms. The van der Waals surface area contributed by atoms with Crippen LogP contribution in [0.1, 0.15) is 41.5 Å². The van der Waals surface area contributed by atoms with Crippen molar-refractivity contribution in [2.45, 2.75) is 26.9 Å². The van der Waals surface area contributed by atoms with Crippen molar-refractivity contribution in [2.24, 2.45) is 0 Å². The number of carbonyl (C=O) groups excluding carboxylic acids is 6. The van der Waals surface area contributed by atoms with Crippen LogP contribution < -0.4 is 10.6 Å². The predicted molar refractivity (Wildman–Crippen MR) is 145 cm³/mol. The summed E-state index contributed by atoms with van der Waals surface area (Å²) in [4.78, 5) is 70.7. The average Bonchev–Trinajstić information content (AvgIpc) is 2.70. The molecule has 2 amide bonds. The van der Waals surface area contributed by atoms with Crippen LogP contribution in [0.2, 0.25) is 0 Å². The minimum absolute atomic E-state index is 0.00679. The number of nitrogens with one attached hydrogen (secondary N) is 2. The van der Waals surface area contributed by atoms with Crippen LogP contribution in [-0.4, -0.2) is 60.8 Å². The van der Waals surface area contributed by atoms with Crippen LogP contribution in [0.4, 0.5) is 5.69 Å². The number of benzene rings is 1. The molecule has 1 unspecified atom stereocenters. The highest BCUT2D eigenvalue weighted by atomic mass is 127. The zero-order chi connectivity index (χ0) is 26.2. The van der Waals surface area contributed by atoms with Gasteiger partial charge in [-0.15, -0.1) is 0 Å². The Morgan fingerprint density at radius 3 is 1.91 bits per heavy atom.